The van der Waals surface area contributed by atoms with E-state index < -0.39 is 29.2 Å². The van der Waals surface area contributed by atoms with Crippen LogP contribution in [0, 0.1) is 6.92 Å². The molecule has 0 unspecified atom stereocenters. The van der Waals surface area contributed by atoms with Crippen molar-refractivity contribution < 1.29 is 38.6 Å². The number of methoxy groups -OCH3 is 1. The monoisotopic (exact) mass is 704 g/mol. The second-order valence-electron chi connectivity index (χ2n) is 9.77. The van der Waals surface area contributed by atoms with Crippen molar-refractivity contribution in [3.63, 3.8) is 0 Å². The van der Waals surface area contributed by atoms with Crippen LogP contribution in [0.15, 0.2) is 50.4 Å². The molecule has 0 bridgehead atoms. The average molecular weight is 705 g/mol. The molecular formula is C28H28N6O8S4. The number of carboxylic acid groups (broad SMARTS) is 1. The van der Waals surface area contributed by atoms with Gasteiger partial charge in [-0.05, 0) is 30.2 Å². The summed E-state index contributed by atoms with van der Waals surface area (Å²) in [4.78, 5) is 66.2. The van der Waals surface area contributed by atoms with Crippen LogP contribution in [0.5, 0.6) is 5.75 Å². The number of benzene rings is 1. The van der Waals surface area contributed by atoms with Crippen molar-refractivity contribution in [1.82, 2.24) is 20.2 Å². The van der Waals surface area contributed by atoms with Crippen molar-refractivity contribution in [2.24, 2.45) is 5.16 Å². The third kappa shape index (κ3) is 7.30. The van der Waals surface area contributed by atoms with Crippen molar-refractivity contribution in [1.29, 1.82) is 0 Å². The van der Waals surface area contributed by atoms with E-state index in [4.69, 9.17) is 20.0 Å². The number of hydrogen-bond donors (Lipinski definition) is 3. The SMILES string of the molecule is CON=C(C(=O)N[C@@H]1C(=O)N2C(C(=O)O)=C(CSc3nc(C)c(CC(=O)OCc4ccc(OC)cc4)s3)CS[C@@H]12)c1csc(N)n1. The molecule has 0 saturated carbocycles. The highest BCUT2D eigenvalue weighted by atomic mass is 32.2. The lowest BCUT2D eigenvalue weighted by Crippen LogP contribution is -2.71. The maximum absolute atomic E-state index is 13.1. The van der Waals surface area contributed by atoms with Gasteiger partial charge in [-0.3, -0.25) is 19.3 Å². The molecule has 18 heteroatoms. The summed E-state index contributed by atoms with van der Waals surface area (Å²) in [5.41, 5.74) is 7.67. The van der Waals surface area contributed by atoms with E-state index in [1.54, 1.807) is 26.2 Å². The Hall–Kier alpha value is -4.13. The number of aryl methyl sites for hydroxylation is 1. The van der Waals surface area contributed by atoms with Crippen LogP contribution < -0.4 is 15.8 Å². The van der Waals surface area contributed by atoms with Gasteiger partial charge in [-0.2, -0.15) is 0 Å². The number of carboxylic acids is 1. The fraction of sp³-hybridized carbons (Fsp3) is 0.321. The number of rotatable bonds is 13. The third-order valence-electron chi connectivity index (χ3n) is 6.81. The molecule has 14 nitrogen and oxygen atoms in total. The molecule has 242 valence electrons. The average Bonchev–Trinajstić information content (AvgIpc) is 3.63. The summed E-state index contributed by atoms with van der Waals surface area (Å²) in [5.74, 6) is -1.58. The van der Waals surface area contributed by atoms with Crippen LogP contribution >= 0.6 is 46.2 Å². The number of fused-ring (bicyclic) bond motifs is 1. The van der Waals surface area contributed by atoms with Crippen molar-refractivity contribution in [3.05, 3.63) is 62.7 Å². The number of β-lactam (4-membered cyclic amide) rings is 1. The number of esters is 1. The predicted octanol–water partition coefficient (Wildman–Crippen LogP) is 2.67. The number of amides is 2. The van der Waals surface area contributed by atoms with Crippen molar-refractivity contribution in [2.45, 2.75) is 35.7 Å². The van der Waals surface area contributed by atoms with Crippen molar-refractivity contribution >= 4 is 80.8 Å². The normalized spacial score (nSPS) is 17.7. The van der Waals surface area contributed by atoms with Gasteiger partial charge in [0.1, 0.15) is 42.3 Å². The standard InChI is InChI=1S/C28H28N6O8S4/c1-13-18(8-19(35)42-9-14-4-6-16(40-2)7-5-14)46-28(30-13)45-11-15-10-43-25-21(24(37)34(25)22(15)26(38)39)32-23(36)20(33-41-3)17-12-44-27(29)31-17/h4-7,12,21,25H,8-11H2,1-3H3,(H2,29,31)(H,32,36)(H,38,39)/t21-,25+/m1/s1. The van der Waals surface area contributed by atoms with Gasteiger partial charge in [0.25, 0.3) is 11.8 Å². The molecule has 1 aromatic carbocycles. The predicted molar refractivity (Wildman–Crippen MR) is 174 cm³/mol. The molecule has 1 saturated heterocycles. The fourth-order valence-corrected chi connectivity index (χ4v) is 8.79. The van der Waals surface area contributed by atoms with Crippen LogP contribution in [0.1, 0.15) is 21.8 Å². The van der Waals surface area contributed by atoms with Crippen LogP contribution in [0.25, 0.3) is 0 Å². The molecule has 0 aliphatic carbocycles. The lowest BCUT2D eigenvalue weighted by atomic mass is 10.0. The molecule has 5 rings (SSSR count). The van der Waals surface area contributed by atoms with Gasteiger partial charge in [-0.25, -0.2) is 14.8 Å². The molecule has 46 heavy (non-hydrogen) atoms. The van der Waals surface area contributed by atoms with Gasteiger partial charge in [0.2, 0.25) is 0 Å². The number of hydrogen-bond acceptors (Lipinski definition) is 15. The molecule has 3 aromatic rings. The van der Waals surface area contributed by atoms with Gasteiger partial charge < -0.3 is 30.5 Å². The molecular weight excluding hydrogens is 677 g/mol. The summed E-state index contributed by atoms with van der Waals surface area (Å²) in [6.45, 7) is 1.94. The highest BCUT2D eigenvalue weighted by Gasteiger charge is 2.54. The molecule has 0 radical (unpaired) electrons. The Balaban J connectivity index is 1.19. The Morgan fingerprint density at radius 1 is 1.22 bits per heavy atom. The highest BCUT2D eigenvalue weighted by Crippen LogP contribution is 2.42. The Morgan fingerprint density at radius 2 is 1.98 bits per heavy atom. The zero-order valence-corrected chi connectivity index (χ0v) is 27.9. The van der Waals surface area contributed by atoms with Gasteiger partial charge in [0.15, 0.2) is 15.2 Å². The first-order valence-corrected chi connectivity index (χ1v) is 17.2. The Morgan fingerprint density at radius 3 is 2.63 bits per heavy atom. The number of anilines is 1. The smallest absolute Gasteiger partial charge is 0.352 e. The molecule has 0 spiro atoms. The van der Waals surface area contributed by atoms with Gasteiger partial charge in [-0.1, -0.05) is 29.1 Å². The minimum absolute atomic E-state index is 0.0584. The van der Waals surface area contributed by atoms with E-state index in [1.807, 2.05) is 12.1 Å². The van der Waals surface area contributed by atoms with E-state index >= 15 is 0 Å². The van der Waals surface area contributed by atoms with Crippen LogP contribution in [-0.2, 0) is 41.8 Å². The van der Waals surface area contributed by atoms with Gasteiger partial charge in [0.05, 0.1) is 19.2 Å². The van der Waals surface area contributed by atoms with E-state index in [2.05, 4.69) is 20.4 Å². The first-order chi connectivity index (χ1) is 22.1. The Labute approximate surface area is 279 Å². The van der Waals surface area contributed by atoms with Crippen LogP contribution in [-0.4, -0.2) is 86.6 Å². The summed E-state index contributed by atoms with van der Waals surface area (Å²) in [6.07, 6.45) is 0.0584. The second-order valence-corrected chi connectivity index (χ2v) is 14.1. The minimum Gasteiger partial charge on any atom is -0.497 e. The molecule has 2 aliphatic heterocycles. The number of carbonyl (C=O) groups excluding carboxylic acids is 3. The zero-order chi connectivity index (χ0) is 33.0. The Kier molecular flexibility index (Phi) is 10.5. The number of thioether (sulfide) groups is 2. The molecule has 2 aromatic heterocycles. The maximum Gasteiger partial charge on any atom is 0.352 e. The number of ether oxygens (including phenoxy) is 2. The van der Waals surface area contributed by atoms with E-state index in [1.165, 1.54) is 52.3 Å². The summed E-state index contributed by atoms with van der Waals surface area (Å²) >= 11 is 5.13. The number of carbonyl (C=O) groups is 4. The number of nitrogens with one attached hydrogen (secondary N) is 1. The van der Waals surface area contributed by atoms with Gasteiger partial charge in [0, 0.05) is 21.8 Å². The first-order valence-electron chi connectivity index (χ1n) is 13.5. The van der Waals surface area contributed by atoms with E-state index in [-0.39, 0.29) is 47.0 Å². The lowest BCUT2D eigenvalue weighted by Gasteiger charge is -2.49. The molecule has 2 atom stereocenters. The lowest BCUT2D eigenvalue weighted by molar-refractivity contribution is -0.150. The quantitative estimate of drug-likeness (QED) is 0.0773. The molecule has 4 N–H and O–H groups in total. The number of aliphatic carboxylic acids is 1. The number of aromatic nitrogens is 2. The number of nitrogens with zero attached hydrogens (tertiary/aromatic N) is 4. The number of oxime groups is 1. The summed E-state index contributed by atoms with van der Waals surface area (Å²) in [5, 5.41) is 17.6. The number of nitrogens with two attached hydrogens (primary N) is 1. The second kappa shape index (κ2) is 14.5. The van der Waals surface area contributed by atoms with E-state index in [0.29, 0.717) is 27.1 Å². The topological polar surface area (TPSA) is 196 Å². The summed E-state index contributed by atoms with van der Waals surface area (Å²) in [7, 11) is 2.85. The number of nitrogen functional groups attached to an aromatic ring is 1. The van der Waals surface area contributed by atoms with Crippen LogP contribution in [0.2, 0.25) is 0 Å². The van der Waals surface area contributed by atoms with Crippen molar-refractivity contribution in [3.8, 4) is 5.75 Å². The van der Waals surface area contributed by atoms with E-state index in [9.17, 15) is 24.3 Å². The highest BCUT2D eigenvalue weighted by molar-refractivity contribution is 8.01. The Bertz CT molecular complexity index is 1720. The molecule has 4 heterocycles. The maximum atomic E-state index is 13.1. The number of thiazole rings is 2. The van der Waals surface area contributed by atoms with Gasteiger partial charge >= 0.3 is 11.9 Å². The minimum atomic E-state index is -1.24. The first kappa shape index (κ1) is 33.2. The molecule has 1 fully saturated rings. The van der Waals surface area contributed by atoms with Crippen LogP contribution in [0.4, 0.5) is 5.13 Å². The molecule has 2 amide bonds. The summed E-state index contributed by atoms with van der Waals surface area (Å²) < 4.78 is 11.2. The largest absolute Gasteiger partial charge is 0.497 e. The fourth-order valence-electron chi connectivity index (χ4n) is 4.54. The van der Waals surface area contributed by atoms with Crippen molar-refractivity contribution in [2.75, 3.05) is 31.5 Å². The van der Waals surface area contributed by atoms with Crippen LogP contribution in [0.3, 0.4) is 0 Å². The van der Waals surface area contributed by atoms with E-state index in [0.717, 1.165) is 21.8 Å². The summed E-state index contributed by atoms with van der Waals surface area (Å²) in [6, 6.07) is 6.27. The zero-order valence-electron chi connectivity index (χ0n) is 24.7. The molecule has 2 aliphatic rings. The third-order valence-corrected chi connectivity index (χ3v) is 11.2. The van der Waals surface area contributed by atoms with Gasteiger partial charge in [-0.15, -0.1) is 34.4 Å².